The summed E-state index contributed by atoms with van der Waals surface area (Å²) in [4.78, 5) is 52.7. The number of carbonyl (C=O) groups excluding carboxylic acids is 3. The number of nitrogens with zero attached hydrogens (tertiary/aromatic N) is 2. The molecule has 1 unspecified atom stereocenters. The Morgan fingerprint density at radius 1 is 1.10 bits per heavy atom. The molecule has 1 saturated heterocycles. The fourth-order valence-corrected chi connectivity index (χ4v) is 3.92. The molecule has 2 aromatic rings. The highest BCUT2D eigenvalue weighted by Gasteiger charge is 2.36. The molecule has 7 nitrogen and oxygen atoms in total. The Kier molecular flexibility index (Phi) is 7.20. The number of likely N-dealkylation sites (tertiary alicyclic amines) is 1. The first kappa shape index (κ1) is 22.0. The molecular weight excluding hydrogens is 452 g/mol. The Morgan fingerprint density at radius 2 is 1.77 bits per heavy atom. The van der Waals surface area contributed by atoms with Gasteiger partial charge in [0.1, 0.15) is 0 Å². The van der Waals surface area contributed by atoms with Crippen molar-refractivity contribution in [3.8, 4) is 0 Å². The van der Waals surface area contributed by atoms with E-state index < -0.39 is 23.3 Å². The third-order valence-electron chi connectivity index (χ3n) is 5.15. The number of pyridine rings is 1. The molecule has 2 heterocycles. The van der Waals surface area contributed by atoms with Crippen molar-refractivity contribution < 1.29 is 19.1 Å². The Balaban J connectivity index is 1.88. The topological polar surface area (TPSA) is 85.7 Å². The van der Waals surface area contributed by atoms with Gasteiger partial charge in [-0.2, -0.15) is 0 Å². The minimum Gasteiger partial charge on any atom is -0.466 e. The third kappa shape index (κ3) is 4.87. The van der Waals surface area contributed by atoms with Gasteiger partial charge in [0.05, 0.1) is 12.5 Å². The lowest BCUT2D eigenvalue weighted by molar-refractivity contribution is -0.151. The number of rotatable bonds is 6. The van der Waals surface area contributed by atoms with Crippen molar-refractivity contribution in [2.45, 2.75) is 25.8 Å². The van der Waals surface area contributed by atoms with Crippen LogP contribution in [0.25, 0.3) is 0 Å². The molecule has 0 bridgehead atoms. The second kappa shape index (κ2) is 9.84. The molecule has 3 rings (SSSR count). The highest BCUT2D eigenvalue weighted by atomic mass is 79.9. The van der Waals surface area contributed by atoms with E-state index in [4.69, 9.17) is 4.74 Å². The van der Waals surface area contributed by atoms with E-state index in [2.05, 4.69) is 15.9 Å². The Hall–Kier alpha value is -2.74. The van der Waals surface area contributed by atoms with E-state index >= 15 is 0 Å². The number of hydrogen-bond donors (Lipinski definition) is 0. The van der Waals surface area contributed by atoms with Gasteiger partial charge in [0, 0.05) is 35.4 Å². The molecule has 0 radical (unpaired) electrons. The standard InChI is InChI=1S/C22H23BrN2O5/c1-2-30-22(29)16-10-12-24(13-11-16)21(28)19(20(27)15-6-4-3-5-7-15)25-14-17(23)8-9-18(25)26/h3-9,14,16,19H,2,10-13H2,1H3. The van der Waals surface area contributed by atoms with Gasteiger partial charge in [-0.1, -0.05) is 30.3 Å². The maximum Gasteiger partial charge on any atom is 0.309 e. The predicted octanol–water partition coefficient (Wildman–Crippen LogP) is 2.84. The quantitative estimate of drug-likeness (QED) is 0.365. The van der Waals surface area contributed by atoms with Gasteiger partial charge in [0.15, 0.2) is 11.8 Å². The maximum atomic E-state index is 13.4. The summed E-state index contributed by atoms with van der Waals surface area (Å²) in [6.45, 7) is 2.72. The predicted molar refractivity (Wildman–Crippen MR) is 114 cm³/mol. The van der Waals surface area contributed by atoms with Gasteiger partial charge >= 0.3 is 5.97 Å². The van der Waals surface area contributed by atoms with Crippen LogP contribution in [0.4, 0.5) is 0 Å². The monoisotopic (exact) mass is 474 g/mol. The molecule has 0 spiro atoms. The highest BCUT2D eigenvalue weighted by molar-refractivity contribution is 9.10. The van der Waals surface area contributed by atoms with Gasteiger partial charge in [-0.25, -0.2) is 0 Å². The van der Waals surface area contributed by atoms with Crippen LogP contribution < -0.4 is 5.56 Å². The fourth-order valence-electron chi connectivity index (χ4n) is 3.56. The van der Waals surface area contributed by atoms with E-state index in [0.29, 0.717) is 42.6 Å². The summed E-state index contributed by atoms with van der Waals surface area (Å²) in [5, 5.41) is 0. The van der Waals surface area contributed by atoms with E-state index in [-0.39, 0.29) is 11.9 Å². The average molecular weight is 475 g/mol. The molecule has 0 saturated carbocycles. The number of ether oxygens (including phenoxy) is 1. The molecule has 1 aromatic heterocycles. The van der Waals surface area contributed by atoms with Crippen LogP contribution in [0.2, 0.25) is 0 Å². The van der Waals surface area contributed by atoms with E-state index in [1.54, 1.807) is 48.2 Å². The van der Waals surface area contributed by atoms with Crippen molar-refractivity contribution >= 4 is 33.6 Å². The number of amides is 1. The van der Waals surface area contributed by atoms with Crippen LogP contribution >= 0.6 is 15.9 Å². The SMILES string of the molecule is CCOC(=O)C1CCN(C(=O)C(C(=O)c2ccccc2)n2cc(Br)ccc2=O)CC1. The Morgan fingerprint density at radius 3 is 2.40 bits per heavy atom. The van der Waals surface area contributed by atoms with Crippen molar-refractivity contribution in [2.75, 3.05) is 19.7 Å². The highest BCUT2D eigenvalue weighted by Crippen LogP contribution is 2.24. The Labute approximate surface area is 182 Å². The van der Waals surface area contributed by atoms with E-state index in [9.17, 15) is 19.2 Å². The molecule has 1 fully saturated rings. The molecule has 8 heteroatoms. The molecule has 30 heavy (non-hydrogen) atoms. The van der Waals surface area contributed by atoms with Gasteiger partial charge in [-0.05, 0) is 41.8 Å². The van der Waals surface area contributed by atoms with Crippen LogP contribution in [-0.2, 0) is 14.3 Å². The second-order valence-electron chi connectivity index (χ2n) is 7.08. The lowest BCUT2D eigenvalue weighted by atomic mass is 9.95. The number of halogens is 1. The van der Waals surface area contributed by atoms with Crippen molar-refractivity contribution in [1.82, 2.24) is 9.47 Å². The molecular formula is C22H23BrN2O5. The van der Waals surface area contributed by atoms with E-state index in [1.165, 1.54) is 16.8 Å². The molecule has 1 amide bonds. The van der Waals surface area contributed by atoms with Gasteiger partial charge in [-0.3, -0.25) is 23.7 Å². The number of carbonyl (C=O) groups is 3. The summed E-state index contributed by atoms with van der Waals surface area (Å²) in [5.74, 6) is -1.42. The second-order valence-corrected chi connectivity index (χ2v) is 7.99. The van der Waals surface area contributed by atoms with Crippen LogP contribution in [0.15, 0.2) is 57.9 Å². The van der Waals surface area contributed by atoms with Crippen LogP contribution in [0.3, 0.4) is 0 Å². The number of ketones is 1. The first-order valence-corrected chi connectivity index (χ1v) is 10.6. The largest absolute Gasteiger partial charge is 0.466 e. The summed E-state index contributed by atoms with van der Waals surface area (Å²) in [5.41, 5.74) is -0.0913. The van der Waals surface area contributed by atoms with E-state index in [0.717, 1.165) is 0 Å². The number of aromatic nitrogens is 1. The smallest absolute Gasteiger partial charge is 0.309 e. The number of hydrogen-bond acceptors (Lipinski definition) is 5. The number of benzene rings is 1. The zero-order chi connectivity index (χ0) is 21.7. The molecule has 1 atom stereocenters. The molecule has 1 aliphatic rings. The lowest BCUT2D eigenvalue weighted by Crippen LogP contribution is -2.47. The van der Waals surface area contributed by atoms with Gasteiger partial charge in [-0.15, -0.1) is 0 Å². The summed E-state index contributed by atoms with van der Waals surface area (Å²) in [7, 11) is 0. The molecule has 0 N–H and O–H groups in total. The number of esters is 1. The van der Waals surface area contributed by atoms with Crippen LogP contribution in [-0.4, -0.2) is 46.8 Å². The fraction of sp³-hybridized carbons (Fsp3) is 0.364. The number of Topliss-reactive ketones (excluding diaryl/α,β-unsaturated/α-hetero) is 1. The average Bonchev–Trinajstić information content (AvgIpc) is 2.77. The first-order valence-electron chi connectivity index (χ1n) is 9.84. The van der Waals surface area contributed by atoms with Crippen molar-refractivity contribution in [2.24, 2.45) is 5.92 Å². The van der Waals surface area contributed by atoms with Gasteiger partial charge < -0.3 is 9.64 Å². The van der Waals surface area contributed by atoms with Gasteiger partial charge in [0.25, 0.3) is 11.5 Å². The summed E-state index contributed by atoms with van der Waals surface area (Å²) >= 11 is 3.31. The molecule has 0 aliphatic carbocycles. The minimum atomic E-state index is -1.31. The zero-order valence-electron chi connectivity index (χ0n) is 16.6. The van der Waals surface area contributed by atoms with Crippen molar-refractivity contribution in [1.29, 1.82) is 0 Å². The van der Waals surface area contributed by atoms with Crippen molar-refractivity contribution in [3.63, 3.8) is 0 Å². The molecule has 158 valence electrons. The summed E-state index contributed by atoms with van der Waals surface area (Å²) in [6, 6.07) is 10.0. The summed E-state index contributed by atoms with van der Waals surface area (Å²) < 4.78 is 6.82. The normalized spacial score (nSPS) is 15.5. The van der Waals surface area contributed by atoms with Gasteiger partial charge in [0.2, 0.25) is 0 Å². The van der Waals surface area contributed by atoms with Crippen molar-refractivity contribution in [3.05, 3.63) is 69.1 Å². The zero-order valence-corrected chi connectivity index (χ0v) is 18.2. The number of piperidine rings is 1. The lowest BCUT2D eigenvalue weighted by Gasteiger charge is -2.33. The first-order chi connectivity index (χ1) is 14.4. The molecule has 1 aromatic carbocycles. The van der Waals surface area contributed by atoms with Crippen LogP contribution in [0.1, 0.15) is 36.2 Å². The summed E-state index contributed by atoms with van der Waals surface area (Å²) in [6.07, 6.45) is 2.38. The van der Waals surface area contributed by atoms with E-state index in [1.807, 2.05) is 0 Å². The minimum absolute atomic E-state index is 0.258. The molecule has 1 aliphatic heterocycles. The van der Waals surface area contributed by atoms with Crippen LogP contribution in [0.5, 0.6) is 0 Å². The van der Waals surface area contributed by atoms with Crippen LogP contribution in [0, 0.1) is 5.92 Å². The maximum absolute atomic E-state index is 13.4. The Bertz CT molecular complexity index is 981. The third-order valence-corrected chi connectivity index (χ3v) is 5.62.